The van der Waals surface area contributed by atoms with Gasteiger partial charge in [-0.1, -0.05) is 25.5 Å². The molecule has 200 valence electrons. The van der Waals surface area contributed by atoms with Crippen molar-refractivity contribution < 1.29 is 24.2 Å². The van der Waals surface area contributed by atoms with Gasteiger partial charge in [0.05, 0.1) is 6.61 Å². The van der Waals surface area contributed by atoms with Crippen molar-refractivity contribution in [1.29, 1.82) is 0 Å². The molecule has 2 aromatic rings. The van der Waals surface area contributed by atoms with E-state index in [0.29, 0.717) is 37.7 Å². The molecular weight excluding hydrogens is 456 g/mol. The highest BCUT2D eigenvalue weighted by Crippen LogP contribution is 2.15. The van der Waals surface area contributed by atoms with Gasteiger partial charge in [-0.2, -0.15) is 0 Å². The second kappa shape index (κ2) is 20.5. The summed E-state index contributed by atoms with van der Waals surface area (Å²) in [6, 6.07) is 15.0. The molecular formula is C29H44N2O5. The topological polar surface area (TPSA) is 96.9 Å². The van der Waals surface area contributed by atoms with Gasteiger partial charge in [-0.25, -0.2) is 0 Å². The molecule has 1 atom stereocenters. The molecule has 36 heavy (non-hydrogen) atoms. The van der Waals surface area contributed by atoms with Crippen molar-refractivity contribution in [2.75, 3.05) is 40.5 Å². The Hall–Kier alpha value is -2.74. The Balaban J connectivity index is 0.000000369. The first-order valence-corrected chi connectivity index (χ1v) is 12.9. The molecule has 7 heteroatoms. The summed E-state index contributed by atoms with van der Waals surface area (Å²) >= 11 is 0. The first-order valence-electron chi connectivity index (χ1n) is 12.9. The van der Waals surface area contributed by atoms with Gasteiger partial charge in [0.1, 0.15) is 24.4 Å². The van der Waals surface area contributed by atoms with Gasteiger partial charge in [0.15, 0.2) is 5.78 Å². The smallest absolute Gasteiger partial charge is 0.162 e. The third-order valence-corrected chi connectivity index (χ3v) is 5.58. The number of likely N-dealkylation sites (N-methyl/N-ethyl adjacent to an activating group) is 1. The Bertz CT molecular complexity index is 842. The van der Waals surface area contributed by atoms with Gasteiger partial charge in [-0.15, -0.1) is 0 Å². The number of Topliss-reactive ketones (excluding diaryl/α,β-unsaturated/α-hetero) is 1. The highest BCUT2D eigenvalue weighted by atomic mass is 16.5. The van der Waals surface area contributed by atoms with Crippen LogP contribution in [0.4, 0.5) is 0 Å². The molecule has 0 bridgehead atoms. The Kier molecular flexibility index (Phi) is 17.8. The fraction of sp³-hybridized carbons (Fsp3) is 0.517. The predicted molar refractivity (Wildman–Crippen MR) is 145 cm³/mol. The zero-order chi connectivity index (χ0) is 26.4. The van der Waals surface area contributed by atoms with Crippen LogP contribution >= 0.6 is 0 Å². The van der Waals surface area contributed by atoms with Gasteiger partial charge in [-0.05, 0) is 81.2 Å². The molecule has 0 saturated heterocycles. The van der Waals surface area contributed by atoms with Crippen molar-refractivity contribution in [2.45, 2.75) is 57.9 Å². The molecule has 0 saturated carbocycles. The number of benzene rings is 2. The SMILES string of the molecule is CCCNCC(Cc1cccc(OCCOC)c1)NC.O=CCCCCCC(=O)c1ccc(O)cc1. The van der Waals surface area contributed by atoms with E-state index in [0.717, 1.165) is 50.8 Å². The van der Waals surface area contributed by atoms with Crippen LogP contribution in [0.1, 0.15) is 61.4 Å². The summed E-state index contributed by atoms with van der Waals surface area (Å²) in [4.78, 5) is 21.7. The van der Waals surface area contributed by atoms with Crippen LogP contribution in [0, 0.1) is 0 Å². The number of aldehydes is 1. The van der Waals surface area contributed by atoms with Gasteiger partial charge >= 0.3 is 0 Å². The molecule has 7 nitrogen and oxygen atoms in total. The summed E-state index contributed by atoms with van der Waals surface area (Å²) < 4.78 is 10.6. The molecule has 1 unspecified atom stereocenters. The molecule has 2 rings (SSSR count). The van der Waals surface area contributed by atoms with Gasteiger partial charge in [0.25, 0.3) is 0 Å². The van der Waals surface area contributed by atoms with E-state index in [1.54, 1.807) is 19.2 Å². The lowest BCUT2D eigenvalue weighted by atomic mass is 10.0. The average Bonchev–Trinajstić information content (AvgIpc) is 2.89. The van der Waals surface area contributed by atoms with Crippen LogP contribution in [-0.2, 0) is 16.0 Å². The number of unbranched alkanes of at least 4 members (excludes halogenated alkanes) is 3. The number of carbonyl (C=O) groups is 2. The molecule has 0 fully saturated rings. The first kappa shape index (κ1) is 31.3. The van der Waals surface area contributed by atoms with E-state index in [4.69, 9.17) is 14.6 Å². The van der Waals surface area contributed by atoms with Crippen LogP contribution in [0.2, 0.25) is 0 Å². The number of phenols is 1. The zero-order valence-electron chi connectivity index (χ0n) is 22.1. The maximum absolute atomic E-state index is 11.6. The summed E-state index contributed by atoms with van der Waals surface area (Å²) in [5, 5.41) is 15.9. The molecule has 3 N–H and O–H groups in total. The largest absolute Gasteiger partial charge is 0.508 e. The molecule has 0 spiro atoms. The lowest BCUT2D eigenvalue weighted by Gasteiger charge is -2.17. The van der Waals surface area contributed by atoms with Gasteiger partial charge in [0.2, 0.25) is 0 Å². The number of rotatable bonds is 18. The lowest BCUT2D eigenvalue weighted by Crippen LogP contribution is -2.38. The predicted octanol–water partition coefficient (Wildman–Crippen LogP) is 4.57. The number of hydrogen-bond acceptors (Lipinski definition) is 7. The quantitative estimate of drug-likeness (QED) is 0.157. The van der Waals surface area contributed by atoms with Crippen molar-refractivity contribution in [1.82, 2.24) is 10.6 Å². The average molecular weight is 501 g/mol. The number of nitrogens with one attached hydrogen (secondary N) is 2. The zero-order valence-corrected chi connectivity index (χ0v) is 22.1. The van der Waals surface area contributed by atoms with Crippen molar-refractivity contribution in [3.8, 4) is 11.5 Å². The Morgan fingerprint density at radius 1 is 1.08 bits per heavy atom. The van der Waals surface area contributed by atoms with Crippen LogP contribution in [0.3, 0.4) is 0 Å². The van der Waals surface area contributed by atoms with Crippen LogP contribution in [0.5, 0.6) is 11.5 Å². The molecule has 0 aromatic heterocycles. The highest BCUT2D eigenvalue weighted by Gasteiger charge is 2.08. The monoisotopic (exact) mass is 500 g/mol. The molecule has 0 amide bonds. The second-order valence-corrected chi connectivity index (χ2v) is 8.62. The summed E-state index contributed by atoms with van der Waals surface area (Å²) in [6.45, 7) is 5.44. The van der Waals surface area contributed by atoms with E-state index >= 15 is 0 Å². The summed E-state index contributed by atoms with van der Waals surface area (Å²) in [5.41, 5.74) is 1.92. The maximum Gasteiger partial charge on any atom is 0.162 e. The Morgan fingerprint density at radius 3 is 2.53 bits per heavy atom. The third-order valence-electron chi connectivity index (χ3n) is 5.58. The maximum atomic E-state index is 11.6. The van der Waals surface area contributed by atoms with Crippen molar-refractivity contribution in [3.63, 3.8) is 0 Å². The first-order chi connectivity index (χ1) is 17.5. The van der Waals surface area contributed by atoms with Crippen LogP contribution in [0.15, 0.2) is 48.5 Å². The Labute approximate surface area is 216 Å². The summed E-state index contributed by atoms with van der Waals surface area (Å²) in [5.74, 6) is 1.17. The normalized spacial score (nSPS) is 11.3. The second-order valence-electron chi connectivity index (χ2n) is 8.62. The fourth-order valence-corrected chi connectivity index (χ4v) is 3.50. The van der Waals surface area contributed by atoms with Crippen LogP contribution in [0.25, 0.3) is 0 Å². The number of phenolic OH excluding ortho intramolecular Hbond substituents is 1. The Morgan fingerprint density at radius 2 is 1.86 bits per heavy atom. The van der Waals surface area contributed by atoms with Gasteiger partial charge in [0, 0.05) is 38.1 Å². The number of aromatic hydroxyl groups is 1. The summed E-state index contributed by atoms with van der Waals surface area (Å²) in [7, 11) is 3.69. The van der Waals surface area contributed by atoms with E-state index in [1.807, 2.05) is 19.2 Å². The van der Waals surface area contributed by atoms with Gasteiger partial charge < -0.3 is 30.0 Å². The van der Waals surface area contributed by atoms with Crippen molar-refractivity contribution >= 4 is 12.1 Å². The molecule has 0 radical (unpaired) electrons. The molecule has 0 aliphatic heterocycles. The molecule has 0 heterocycles. The van der Waals surface area contributed by atoms with E-state index in [1.165, 1.54) is 24.1 Å². The van der Waals surface area contributed by atoms with Crippen molar-refractivity contribution in [2.24, 2.45) is 0 Å². The van der Waals surface area contributed by atoms with E-state index < -0.39 is 0 Å². The molecule has 0 aliphatic carbocycles. The lowest BCUT2D eigenvalue weighted by molar-refractivity contribution is -0.107. The minimum Gasteiger partial charge on any atom is -0.508 e. The van der Waals surface area contributed by atoms with Gasteiger partial charge in [-0.3, -0.25) is 4.79 Å². The highest BCUT2D eigenvalue weighted by molar-refractivity contribution is 5.96. The summed E-state index contributed by atoms with van der Waals surface area (Å²) in [6.07, 6.45) is 6.72. The number of methoxy groups -OCH3 is 1. The number of ketones is 1. The number of carbonyl (C=O) groups excluding carboxylic acids is 2. The molecule has 2 aromatic carbocycles. The van der Waals surface area contributed by atoms with Crippen molar-refractivity contribution in [3.05, 3.63) is 59.7 Å². The third kappa shape index (κ3) is 14.6. The fourth-order valence-electron chi connectivity index (χ4n) is 3.50. The van der Waals surface area contributed by atoms with Crippen LogP contribution < -0.4 is 15.4 Å². The van der Waals surface area contributed by atoms with Crippen LogP contribution in [-0.4, -0.2) is 63.7 Å². The van der Waals surface area contributed by atoms with E-state index in [2.05, 4.69) is 29.7 Å². The molecule has 0 aliphatic rings. The standard InChI is InChI=1S/C16H28N2O2.C13H16O3/c1-4-8-18-13-15(17-2)11-14-6-5-7-16(12-14)20-10-9-19-3;14-10-4-2-1-3-5-13(16)11-6-8-12(15)9-7-11/h5-7,12,15,17-18H,4,8-11,13H2,1-3H3;6-10,15H,1-5H2. The van der Waals surface area contributed by atoms with E-state index in [-0.39, 0.29) is 11.5 Å². The number of hydrogen-bond donors (Lipinski definition) is 3. The number of ether oxygens (including phenoxy) is 2. The van der Waals surface area contributed by atoms with E-state index in [9.17, 15) is 9.59 Å². The minimum absolute atomic E-state index is 0.0890. The minimum atomic E-state index is 0.0890.